The van der Waals surface area contributed by atoms with Crippen molar-refractivity contribution in [3.05, 3.63) is 119 Å². The Kier molecular flexibility index (Phi) is 9.82. The van der Waals surface area contributed by atoms with Crippen LogP contribution in [0, 0.1) is 13.8 Å². The number of nitrogens with zero attached hydrogens (tertiary/aromatic N) is 3. The zero-order valence-electron chi connectivity index (χ0n) is 25.5. The summed E-state index contributed by atoms with van der Waals surface area (Å²) in [6, 6.07) is 24.6. The molecule has 0 N–H and O–H groups in total. The molecule has 0 amide bonds. The van der Waals surface area contributed by atoms with Crippen LogP contribution in [-0.2, 0) is 0 Å². The third-order valence-corrected chi connectivity index (χ3v) is 8.07. The molecule has 0 heterocycles. The quantitative estimate of drug-likeness (QED) is 0.242. The van der Waals surface area contributed by atoms with Crippen molar-refractivity contribution >= 4 is 28.3 Å². The Balaban J connectivity index is 1.88. The van der Waals surface area contributed by atoms with Crippen LogP contribution in [0.1, 0.15) is 56.9 Å². The van der Waals surface area contributed by atoms with Crippen LogP contribution in [0.3, 0.4) is 0 Å². The highest BCUT2D eigenvalue weighted by Gasteiger charge is 2.19. The summed E-state index contributed by atoms with van der Waals surface area (Å²) in [6.45, 7) is 20.6. The van der Waals surface area contributed by atoms with Gasteiger partial charge in [0.1, 0.15) is 6.54 Å². The molecule has 3 aromatic carbocycles. The molecule has 40 heavy (non-hydrogen) atoms. The van der Waals surface area contributed by atoms with Gasteiger partial charge in [0.25, 0.3) is 0 Å². The molecule has 0 unspecified atom stereocenters. The molecule has 0 spiro atoms. The zero-order valence-corrected chi connectivity index (χ0v) is 25.5. The first-order chi connectivity index (χ1) is 19.4. The Morgan fingerprint density at radius 1 is 0.600 bits per heavy atom. The van der Waals surface area contributed by atoms with Gasteiger partial charge in [0.15, 0.2) is 0 Å². The number of allylic oxidation sites excluding steroid dienone is 5. The molecular weight excluding hydrogens is 486 g/mol. The SMILES string of the molecule is CCN(CC)c1ccc(C(=C2C=CC(=[N+](CC)c3ccccc3)C=C2)c2ccc(N(CC)CC)cc2C)c(C)c1. The van der Waals surface area contributed by atoms with E-state index < -0.39 is 0 Å². The smallest absolute Gasteiger partial charge is 0.205 e. The highest BCUT2D eigenvalue weighted by molar-refractivity contribution is 6.04. The number of benzene rings is 3. The van der Waals surface area contributed by atoms with E-state index in [4.69, 9.17) is 0 Å². The summed E-state index contributed by atoms with van der Waals surface area (Å²) < 4.78 is 2.36. The second kappa shape index (κ2) is 13.5. The third kappa shape index (κ3) is 6.14. The van der Waals surface area contributed by atoms with Gasteiger partial charge in [-0.25, -0.2) is 0 Å². The molecule has 0 saturated carbocycles. The number of aryl methyl sites for hydroxylation is 2. The van der Waals surface area contributed by atoms with Gasteiger partial charge in [-0.2, -0.15) is 4.58 Å². The van der Waals surface area contributed by atoms with Crippen molar-refractivity contribution in [1.29, 1.82) is 0 Å². The van der Waals surface area contributed by atoms with E-state index in [0.29, 0.717) is 0 Å². The van der Waals surface area contributed by atoms with Crippen LogP contribution < -0.4 is 9.80 Å². The predicted molar refractivity (Wildman–Crippen MR) is 176 cm³/mol. The van der Waals surface area contributed by atoms with E-state index in [0.717, 1.165) is 32.7 Å². The Bertz CT molecular complexity index is 1350. The maximum atomic E-state index is 2.41. The summed E-state index contributed by atoms with van der Waals surface area (Å²) in [5.41, 5.74) is 12.7. The van der Waals surface area contributed by atoms with Gasteiger partial charge < -0.3 is 9.80 Å². The minimum absolute atomic E-state index is 0.914. The van der Waals surface area contributed by atoms with Crippen molar-refractivity contribution in [3.8, 4) is 0 Å². The maximum absolute atomic E-state index is 2.41. The molecule has 1 aliphatic rings. The summed E-state index contributed by atoms with van der Waals surface area (Å²) in [5.74, 6) is 0. The number of para-hydroxylation sites is 1. The average Bonchev–Trinajstić information content (AvgIpc) is 2.98. The second-order valence-corrected chi connectivity index (χ2v) is 10.3. The first kappa shape index (κ1) is 29.1. The van der Waals surface area contributed by atoms with Gasteiger partial charge in [0.05, 0.1) is 0 Å². The van der Waals surface area contributed by atoms with Crippen molar-refractivity contribution in [2.75, 3.05) is 42.5 Å². The number of hydrogen-bond donors (Lipinski definition) is 0. The molecule has 3 nitrogen and oxygen atoms in total. The first-order valence-electron chi connectivity index (χ1n) is 15.0. The lowest BCUT2D eigenvalue weighted by molar-refractivity contribution is -0.434. The van der Waals surface area contributed by atoms with E-state index >= 15 is 0 Å². The fourth-order valence-corrected chi connectivity index (χ4v) is 5.81. The monoisotopic (exact) mass is 532 g/mol. The summed E-state index contributed by atoms with van der Waals surface area (Å²) in [5, 5.41) is 0. The molecule has 0 saturated heterocycles. The van der Waals surface area contributed by atoms with Crippen molar-refractivity contribution in [2.45, 2.75) is 48.5 Å². The molecule has 0 bridgehead atoms. The Morgan fingerprint density at radius 3 is 1.48 bits per heavy atom. The molecule has 0 radical (unpaired) electrons. The van der Waals surface area contributed by atoms with Crippen molar-refractivity contribution in [3.63, 3.8) is 0 Å². The summed E-state index contributed by atoms with van der Waals surface area (Å²) in [7, 11) is 0. The number of hydrogen-bond acceptors (Lipinski definition) is 2. The average molecular weight is 533 g/mol. The molecule has 3 heteroatoms. The van der Waals surface area contributed by atoms with Gasteiger partial charge in [0, 0.05) is 61.8 Å². The van der Waals surface area contributed by atoms with Crippen molar-refractivity contribution < 1.29 is 4.58 Å². The third-order valence-electron chi connectivity index (χ3n) is 8.07. The Labute approximate surface area is 242 Å². The second-order valence-electron chi connectivity index (χ2n) is 10.3. The highest BCUT2D eigenvalue weighted by atomic mass is 15.1. The van der Waals surface area contributed by atoms with Crippen LogP contribution >= 0.6 is 0 Å². The van der Waals surface area contributed by atoms with Gasteiger partial charge in [-0.05, 0) is 118 Å². The first-order valence-corrected chi connectivity index (χ1v) is 15.0. The van der Waals surface area contributed by atoms with Crippen molar-refractivity contribution in [2.24, 2.45) is 0 Å². The molecule has 0 aliphatic heterocycles. The standard InChI is InChI=1S/C37H46N3/c1-8-38(9-2)33-22-24-35(28(6)26-33)37(36-25-23-34(27-29(36)7)39(10-3)11-4)30-18-20-32(21-19-30)40(12-5)31-16-14-13-15-17-31/h13-27H,8-12H2,1-7H3/q+1. The fourth-order valence-electron chi connectivity index (χ4n) is 5.81. The molecule has 208 valence electrons. The van der Waals surface area contributed by atoms with E-state index in [-0.39, 0.29) is 0 Å². The van der Waals surface area contributed by atoms with Gasteiger partial charge in [-0.15, -0.1) is 0 Å². The van der Waals surface area contributed by atoms with Gasteiger partial charge >= 0.3 is 0 Å². The molecule has 0 aromatic heterocycles. The lowest BCUT2D eigenvalue weighted by Crippen LogP contribution is -2.22. The molecule has 3 aromatic rings. The number of anilines is 2. The zero-order chi connectivity index (χ0) is 28.6. The van der Waals surface area contributed by atoms with Crippen LogP contribution in [-0.4, -0.2) is 43.0 Å². The van der Waals surface area contributed by atoms with Crippen LogP contribution in [0.15, 0.2) is 96.6 Å². The lowest BCUT2D eigenvalue weighted by Gasteiger charge is -2.25. The van der Waals surface area contributed by atoms with E-state index in [1.54, 1.807) is 0 Å². The van der Waals surface area contributed by atoms with Gasteiger partial charge in [-0.1, -0.05) is 30.3 Å². The number of rotatable bonds is 10. The van der Waals surface area contributed by atoms with E-state index in [1.807, 2.05) is 0 Å². The van der Waals surface area contributed by atoms with Crippen LogP contribution in [0.25, 0.3) is 5.57 Å². The molecule has 1 aliphatic carbocycles. The molecule has 0 fully saturated rings. The van der Waals surface area contributed by atoms with Gasteiger partial charge in [0.2, 0.25) is 11.4 Å². The topological polar surface area (TPSA) is 9.49 Å². The maximum Gasteiger partial charge on any atom is 0.205 e. The van der Waals surface area contributed by atoms with Crippen LogP contribution in [0.2, 0.25) is 0 Å². The Hall–Kier alpha value is -3.85. The fraction of sp³-hybridized carbons (Fsp3) is 0.324. The lowest BCUT2D eigenvalue weighted by atomic mass is 9.86. The van der Waals surface area contributed by atoms with Crippen molar-refractivity contribution in [1.82, 2.24) is 0 Å². The van der Waals surface area contributed by atoms with E-state index in [2.05, 4.69) is 154 Å². The summed E-state index contributed by atoms with van der Waals surface area (Å²) in [6.07, 6.45) is 9.13. The summed E-state index contributed by atoms with van der Waals surface area (Å²) >= 11 is 0. The minimum Gasteiger partial charge on any atom is -0.372 e. The minimum atomic E-state index is 0.914. The Morgan fingerprint density at radius 2 is 1.07 bits per heavy atom. The van der Waals surface area contributed by atoms with E-state index in [9.17, 15) is 0 Å². The highest BCUT2D eigenvalue weighted by Crippen LogP contribution is 2.36. The largest absolute Gasteiger partial charge is 0.372 e. The van der Waals surface area contributed by atoms with Crippen LogP contribution in [0.5, 0.6) is 0 Å². The molecule has 4 rings (SSSR count). The van der Waals surface area contributed by atoms with Crippen LogP contribution in [0.4, 0.5) is 17.1 Å². The normalized spacial score (nSPS) is 12.6. The molecular formula is C37H46N3+. The summed E-state index contributed by atoms with van der Waals surface area (Å²) in [4.78, 5) is 4.83. The molecule has 0 atom stereocenters. The predicted octanol–water partition coefficient (Wildman–Crippen LogP) is 8.73. The van der Waals surface area contributed by atoms with E-state index in [1.165, 1.54) is 56.2 Å². The van der Waals surface area contributed by atoms with Gasteiger partial charge in [-0.3, -0.25) is 0 Å².